The molecular formula is C14H14N4O2S. The molecule has 7 heteroatoms. The number of hydrogen-bond donors (Lipinski definition) is 1. The van der Waals surface area contributed by atoms with Gasteiger partial charge in [-0.2, -0.15) is 0 Å². The molecule has 0 atom stereocenters. The maximum absolute atomic E-state index is 12.1. The zero-order chi connectivity index (χ0) is 15.0. The van der Waals surface area contributed by atoms with Crippen molar-refractivity contribution in [2.75, 3.05) is 5.32 Å². The van der Waals surface area contributed by atoms with Gasteiger partial charge >= 0.3 is 0 Å². The van der Waals surface area contributed by atoms with Crippen LogP contribution in [0.15, 0.2) is 18.7 Å². The highest BCUT2D eigenvalue weighted by Gasteiger charge is 2.34. The van der Waals surface area contributed by atoms with Crippen LogP contribution in [0.3, 0.4) is 0 Å². The first-order valence-corrected chi connectivity index (χ1v) is 7.35. The predicted molar refractivity (Wildman–Crippen MR) is 78.5 cm³/mol. The van der Waals surface area contributed by atoms with E-state index in [2.05, 4.69) is 20.3 Å². The Bertz CT molecular complexity index is 709. The molecule has 21 heavy (non-hydrogen) atoms. The maximum Gasteiger partial charge on any atom is 0.260 e. The second kappa shape index (κ2) is 5.00. The quantitative estimate of drug-likeness (QED) is 0.920. The molecule has 0 aromatic carbocycles. The van der Waals surface area contributed by atoms with Crippen molar-refractivity contribution in [3.05, 3.63) is 34.9 Å². The minimum atomic E-state index is -0.326. The Labute approximate surface area is 125 Å². The number of rotatable bonds is 2. The van der Waals surface area contributed by atoms with Crippen molar-refractivity contribution < 1.29 is 9.59 Å². The summed E-state index contributed by atoms with van der Waals surface area (Å²) >= 11 is 1.23. The maximum atomic E-state index is 12.1. The van der Waals surface area contributed by atoms with Crippen LogP contribution in [0.5, 0.6) is 0 Å². The van der Waals surface area contributed by atoms with E-state index in [-0.39, 0.29) is 17.1 Å². The van der Waals surface area contributed by atoms with Crippen LogP contribution in [0, 0.1) is 5.41 Å². The number of Topliss-reactive ketones (excluding diaryl/α,β-unsaturated/α-hetero) is 1. The van der Waals surface area contributed by atoms with E-state index in [0.717, 1.165) is 12.1 Å². The Morgan fingerprint density at radius 3 is 2.71 bits per heavy atom. The summed E-state index contributed by atoms with van der Waals surface area (Å²) in [6.07, 6.45) is 5.49. The lowest BCUT2D eigenvalue weighted by Crippen LogP contribution is -2.26. The number of fused-ring (bicyclic) bond motifs is 1. The highest BCUT2D eigenvalue weighted by Crippen LogP contribution is 2.38. The van der Waals surface area contributed by atoms with Crippen molar-refractivity contribution in [2.24, 2.45) is 5.41 Å². The van der Waals surface area contributed by atoms with E-state index in [0.29, 0.717) is 22.0 Å². The summed E-state index contributed by atoms with van der Waals surface area (Å²) in [4.78, 5) is 36.8. The Hall–Kier alpha value is -2.15. The molecule has 0 saturated heterocycles. The number of carbonyl (C=O) groups is 2. The number of nitrogens with one attached hydrogen (secondary N) is 1. The largest absolute Gasteiger partial charge is 0.298 e. The first kappa shape index (κ1) is 13.8. The average Bonchev–Trinajstić information content (AvgIpc) is 2.81. The van der Waals surface area contributed by atoms with Crippen LogP contribution < -0.4 is 5.32 Å². The zero-order valence-electron chi connectivity index (χ0n) is 11.7. The van der Waals surface area contributed by atoms with Gasteiger partial charge in [0.25, 0.3) is 5.91 Å². The van der Waals surface area contributed by atoms with Crippen molar-refractivity contribution >= 4 is 28.2 Å². The standard InChI is InChI=1S/C14H14N4O2S/c1-14(2)3-9-11(10(19)4-14)21-13(17-9)18-12(20)8-5-15-7-16-6-8/h5-7H,3-4H2,1-2H3,(H,17,18,20). The van der Waals surface area contributed by atoms with Gasteiger partial charge in [0.2, 0.25) is 0 Å². The molecule has 2 heterocycles. The molecule has 0 radical (unpaired) electrons. The number of carbonyl (C=O) groups excluding carboxylic acids is 2. The van der Waals surface area contributed by atoms with Crippen LogP contribution in [0.2, 0.25) is 0 Å². The Kier molecular flexibility index (Phi) is 3.29. The van der Waals surface area contributed by atoms with Crippen molar-refractivity contribution in [2.45, 2.75) is 26.7 Å². The lowest BCUT2D eigenvalue weighted by atomic mass is 9.78. The van der Waals surface area contributed by atoms with Crippen molar-refractivity contribution in [3.8, 4) is 0 Å². The summed E-state index contributed by atoms with van der Waals surface area (Å²) in [5.74, 6) is -0.226. The SMILES string of the molecule is CC1(C)CC(=O)c2sc(NC(=O)c3cncnc3)nc2C1. The zero-order valence-corrected chi connectivity index (χ0v) is 12.5. The minimum absolute atomic E-state index is 0.0767. The highest BCUT2D eigenvalue weighted by molar-refractivity contribution is 7.17. The lowest BCUT2D eigenvalue weighted by Gasteiger charge is -2.26. The first-order valence-electron chi connectivity index (χ1n) is 6.54. The third-order valence-electron chi connectivity index (χ3n) is 3.28. The van der Waals surface area contributed by atoms with E-state index in [4.69, 9.17) is 0 Å². The number of nitrogens with zero attached hydrogens (tertiary/aromatic N) is 3. The van der Waals surface area contributed by atoms with E-state index in [1.807, 2.05) is 13.8 Å². The van der Waals surface area contributed by atoms with Crippen LogP contribution in [-0.4, -0.2) is 26.6 Å². The van der Waals surface area contributed by atoms with Crippen LogP contribution in [0.1, 0.15) is 46.0 Å². The molecule has 0 bridgehead atoms. The van der Waals surface area contributed by atoms with E-state index in [9.17, 15) is 9.59 Å². The normalized spacial score (nSPS) is 16.4. The molecular weight excluding hydrogens is 288 g/mol. The van der Waals surface area contributed by atoms with Crippen molar-refractivity contribution in [1.82, 2.24) is 15.0 Å². The average molecular weight is 302 g/mol. The first-order chi connectivity index (χ1) is 9.94. The molecule has 0 saturated carbocycles. The summed E-state index contributed by atoms with van der Waals surface area (Å²) in [5.41, 5.74) is 1.06. The van der Waals surface area contributed by atoms with Gasteiger partial charge in [-0.25, -0.2) is 15.0 Å². The molecule has 0 spiro atoms. The minimum Gasteiger partial charge on any atom is -0.298 e. The van der Waals surface area contributed by atoms with Crippen LogP contribution in [0.4, 0.5) is 5.13 Å². The topological polar surface area (TPSA) is 84.8 Å². The molecule has 1 N–H and O–H groups in total. The van der Waals surface area contributed by atoms with Gasteiger partial charge in [0.15, 0.2) is 10.9 Å². The van der Waals surface area contributed by atoms with Gasteiger partial charge < -0.3 is 0 Å². The van der Waals surface area contributed by atoms with Gasteiger partial charge in [-0.3, -0.25) is 14.9 Å². The van der Waals surface area contributed by atoms with Crippen molar-refractivity contribution in [1.29, 1.82) is 0 Å². The molecule has 3 rings (SSSR count). The number of anilines is 1. The van der Waals surface area contributed by atoms with E-state index in [1.54, 1.807) is 0 Å². The van der Waals surface area contributed by atoms with Gasteiger partial charge in [-0.1, -0.05) is 25.2 Å². The second-order valence-electron chi connectivity index (χ2n) is 5.82. The summed E-state index contributed by atoms with van der Waals surface area (Å²) in [6, 6.07) is 0. The summed E-state index contributed by atoms with van der Waals surface area (Å²) in [5, 5.41) is 3.14. The molecule has 0 fully saturated rings. The van der Waals surface area contributed by atoms with Crippen molar-refractivity contribution in [3.63, 3.8) is 0 Å². The third kappa shape index (κ3) is 2.82. The van der Waals surface area contributed by atoms with E-state index in [1.165, 1.54) is 30.1 Å². The lowest BCUT2D eigenvalue weighted by molar-refractivity contribution is 0.0915. The smallest absolute Gasteiger partial charge is 0.260 e. The van der Waals surface area contributed by atoms with Crippen LogP contribution >= 0.6 is 11.3 Å². The molecule has 2 aromatic rings. The van der Waals surface area contributed by atoms with Crippen LogP contribution in [0.25, 0.3) is 0 Å². The number of thiazole rings is 1. The third-order valence-corrected chi connectivity index (χ3v) is 4.33. The summed E-state index contributed by atoms with van der Waals surface area (Å²) < 4.78 is 0. The molecule has 2 aromatic heterocycles. The van der Waals surface area contributed by atoms with Gasteiger partial charge in [0, 0.05) is 18.8 Å². The fourth-order valence-electron chi connectivity index (χ4n) is 2.36. The number of amides is 1. The monoisotopic (exact) mass is 302 g/mol. The van der Waals surface area contributed by atoms with E-state index < -0.39 is 0 Å². The molecule has 0 unspecified atom stereocenters. The molecule has 108 valence electrons. The van der Waals surface area contributed by atoms with Gasteiger partial charge in [-0.05, 0) is 11.8 Å². The summed E-state index contributed by atoms with van der Waals surface area (Å²) in [7, 11) is 0. The van der Waals surface area contributed by atoms with Crippen LogP contribution in [-0.2, 0) is 6.42 Å². The fraction of sp³-hybridized carbons (Fsp3) is 0.357. The molecule has 0 aliphatic heterocycles. The highest BCUT2D eigenvalue weighted by atomic mass is 32.1. The number of ketones is 1. The molecule has 1 aliphatic carbocycles. The molecule has 1 amide bonds. The summed E-state index contributed by atoms with van der Waals surface area (Å²) in [6.45, 7) is 4.10. The van der Waals surface area contributed by atoms with Gasteiger partial charge in [-0.15, -0.1) is 0 Å². The predicted octanol–water partition coefficient (Wildman–Crippen LogP) is 2.34. The Balaban J connectivity index is 1.83. The molecule has 1 aliphatic rings. The second-order valence-corrected chi connectivity index (χ2v) is 6.82. The Morgan fingerprint density at radius 2 is 2.00 bits per heavy atom. The number of aromatic nitrogens is 3. The number of hydrogen-bond acceptors (Lipinski definition) is 6. The fourth-order valence-corrected chi connectivity index (χ4v) is 3.27. The molecule has 6 nitrogen and oxygen atoms in total. The van der Waals surface area contributed by atoms with Gasteiger partial charge in [0.1, 0.15) is 6.33 Å². The van der Waals surface area contributed by atoms with E-state index >= 15 is 0 Å². The Morgan fingerprint density at radius 1 is 1.29 bits per heavy atom. The van der Waals surface area contributed by atoms with Gasteiger partial charge in [0.05, 0.1) is 16.1 Å².